The van der Waals surface area contributed by atoms with Crippen molar-refractivity contribution in [1.29, 1.82) is 0 Å². The molecule has 48 heavy (non-hydrogen) atoms. The maximum Gasteiger partial charge on any atom is 0.135 e. The highest BCUT2D eigenvalue weighted by molar-refractivity contribution is 6.06. The zero-order valence-electron chi connectivity index (χ0n) is 25.9. The molecule has 0 radical (unpaired) electrons. The van der Waals surface area contributed by atoms with Gasteiger partial charge in [0.15, 0.2) is 0 Å². The Bertz CT molecular complexity index is 2760. The highest BCUT2D eigenvalue weighted by Crippen LogP contribution is 2.64. The molecular formula is C46H27NO. The van der Waals surface area contributed by atoms with Crippen molar-refractivity contribution in [1.82, 2.24) is 4.98 Å². The molecule has 0 aliphatic heterocycles. The number of pyridine rings is 1. The fourth-order valence-electron chi connectivity index (χ4n) is 8.63. The van der Waals surface area contributed by atoms with Crippen LogP contribution >= 0.6 is 0 Å². The number of nitrogens with zero attached hydrogens (tertiary/aromatic N) is 1. The molecule has 2 aliphatic rings. The normalized spacial score (nSPS) is 13.6. The summed E-state index contributed by atoms with van der Waals surface area (Å²) in [7, 11) is 0. The molecule has 0 saturated carbocycles. The van der Waals surface area contributed by atoms with E-state index in [0.717, 1.165) is 38.9 Å². The second-order valence-electron chi connectivity index (χ2n) is 13.0. The third-order valence-electron chi connectivity index (χ3n) is 10.7. The van der Waals surface area contributed by atoms with Gasteiger partial charge in [-0.2, -0.15) is 0 Å². The summed E-state index contributed by atoms with van der Waals surface area (Å²) in [6.07, 6.45) is 0. The Morgan fingerprint density at radius 1 is 0.438 bits per heavy atom. The Labute approximate surface area is 277 Å². The largest absolute Gasteiger partial charge is 0.459 e. The molecule has 2 heterocycles. The van der Waals surface area contributed by atoms with Gasteiger partial charge in [0.1, 0.15) is 16.8 Å². The van der Waals surface area contributed by atoms with E-state index >= 15 is 0 Å². The van der Waals surface area contributed by atoms with Crippen LogP contribution in [-0.4, -0.2) is 4.98 Å². The monoisotopic (exact) mass is 609 g/mol. The maximum absolute atomic E-state index is 6.94. The van der Waals surface area contributed by atoms with E-state index in [-0.39, 0.29) is 0 Å². The number of rotatable bonds is 2. The van der Waals surface area contributed by atoms with Crippen LogP contribution in [0.15, 0.2) is 168 Å². The summed E-state index contributed by atoms with van der Waals surface area (Å²) in [5.74, 6) is 1.01. The number of aromatic nitrogens is 1. The molecule has 0 bridgehead atoms. The van der Waals surface area contributed by atoms with Crippen LogP contribution in [0.5, 0.6) is 0 Å². The standard InChI is InChI=1S/C46H27NO/c1-2-12-29-25-30(22-21-28(29)11-1)36-27-42(47-41-19-9-5-15-34(36)41)31-23-24-40-37(26-31)44-35-16-6-10-20-43(35)48-45(44)46(40)38-17-7-3-13-32(38)33-14-4-8-18-39(33)46/h1-27H. The van der Waals surface area contributed by atoms with Crippen LogP contribution in [0, 0.1) is 0 Å². The topological polar surface area (TPSA) is 26.0 Å². The molecular weight excluding hydrogens is 583 g/mol. The first kappa shape index (κ1) is 25.9. The summed E-state index contributed by atoms with van der Waals surface area (Å²) >= 11 is 0. The third-order valence-corrected chi connectivity index (χ3v) is 10.7. The summed E-state index contributed by atoms with van der Waals surface area (Å²) in [6.45, 7) is 0. The summed E-state index contributed by atoms with van der Waals surface area (Å²) in [4.78, 5) is 5.26. The van der Waals surface area contributed by atoms with E-state index in [1.807, 2.05) is 0 Å². The van der Waals surface area contributed by atoms with Crippen LogP contribution < -0.4 is 0 Å². The van der Waals surface area contributed by atoms with Crippen molar-refractivity contribution in [3.05, 3.63) is 186 Å². The van der Waals surface area contributed by atoms with E-state index in [9.17, 15) is 0 Å². The minimum atomic E-state index is -0.525. The van der Waals surface area contributed by atoms with E-state index in [1.165, 1.54) is 60.8 Å². The molecule has 2 nitrogen and oxygen atoms in total. The van der Waals surface area contributed by atoms with Crippen LogP contribution in [-0.2, 0) is 5.41 Å². The van der Waals surface area contributed by atoms with Gasteiger partial charge in [-0.3, -0.25) is 0 Å². The van der Waals surface area contributed by atoms with Gasteiger partial charge in [0, 0.05) is 21.9 Å². The molecule has 2 heteroatoms. The van der Waals surface area contributed by atoms with Crippen molar-refractivity contribution in [2.45, 2.75) is 5.41 Å². The Balaban J connectivity index is 1.19. The lowest BCUT2D eigenvalue weighted by molar-refractivity contribution is 0.507. The van der Waals surface area contributed by atoms with Crippen molar-refractivity contribution in [2.24, 2.45) is 0 Å². The predicted molar refractivity (Wildman–Crippen MR) is 196 cm³/mol. The first-order valence-electron chi connectivity index (χ1n) is 16.5. The van der Waals surface area contributed by atoms with Gasteiger partial charge in [-0.05, 0) is 85.6 Å². The molecule has 222 valence electrons. The Kier molecular flexibility index (Phi) is 5.07. The van der Waals surface area contributed by atoms with Crippen LogP contribution in [0.2, 0.25) is 0 Å². The number of furan rings is 1. The first-order chi connectivity index (χ1) is 23.8. The van der Waals surface area contributed by atoms with Gasteiger partial charge in [-0.1, -0.05) is 133 Å². The van der Waals surface area contributed by atoms with Gasteiger partial charge in [0.25, 0.3) is 0 Å². The SMILES string of the molecule is c1ccc2c(c1)-c1ccccc1C21c2ccc(-c3cc(-c4ccc5ccccc5c4)c4ccccc4n3)cc2-c2c1oc1ccccc21. The van der Waals surface area contributed by atoms with E-state index < -0.39 is 5.41 Å². The first-order valence-corrected chi connectivity index (χ1v) is 16.5. The van der Waals surface area contributed by atoms with Gasteiger partial charge in [-0.15, -0.1) is 0 Å². The average Bonchev–Trinajstić information content (AvgIpc) is 3.78. The predicted octanol–water partition coefficient (Wildman–Crippen LogP) is 11.8. The van der Waals surface area contributed by atoms with Crippen molar-refractivity contribution in [3.8, 4) is 44.6 Å². The summed E-state index contributed by atoms with van der Waals surface area (Å²) in [5.41, 5.74) is 14.6. The number of benzene rings is 7. The lowest BCUT2D eigenvalue weighted by Gasteiger charge is -2.28. The molecule has 7 aromatic carbocycles. The highest BCUT2D eigenvalue weighted by Gasteiger charge is 2.54. The van der Waals surface area contributed by atoms with Crippen molar-refractivity contribution in [2.75, 3.05) is 0 Å². The van der Waals surface area contributed by atoms with E-state index in [1.54, 1.807) is 0 Å². The fraction of sp³-hybridized carbons (Fsp3) is 0.0217. The van der Waals surface area contributed by atoms with Crippen LogP contribution in [0.4, 0.5) is 0 Å². The smallest absolute Gasteiger partial charge is 0.135 e. The number of hydrogen-bond acceptors (Lipinski definition) is 2. The van der Waals surface area contributed by atoms with Gasteiger partial charge >= 0.3 is 0 Å². The quantitative estimate of drug-likeness (QED) is 0.195. The highest BCUT2D eigenvalue weighted by atomic mass is 16.3. The molecule has 0 N–H and O–H groups in total. The minimum absolute atomic E-state index is 0.525. The molecule has 11 rings (SSSR count). The van der Waals surface area contributed by atoms with Gasteiger partial charge < -0.3 is 4.42 Å². The Morgan fingerprint density at radius 2 is 1.08 bits per heavy atom. The minimum Gasteiger partial charge on any atom is -0.459 e. The van der Waals surface area contributed by atoms with Gasteiger partial charge in [0.2, 0.25) is 0 Å². The van der Waals surface area contributed by atoms with Crippen molar-refractivity contribution in [3.63, 3.8) is 0 Å². The van der Waals surface area contributed by atoms with E-state index in [0.29, 0.717) is 0 Å². The molecule has 9 aromatic rings. The van der Waals surface area contributed by atoms with E-state index in [2.05, 4.69) is 164 Å². The number of para-hydroxylation sites is 2. The fourth-order valence-corrected chi connectivity index (χ4v) is 8.63. The number of fused-ring (bicyclic) bond motifs is 14. The number of hydrogen-bond donors (Lipinski definition) is 0. The van der Waals surface area contributed by atoms with Gasteiger partial charge in [0.05, 0.1) is 11.2 Å². The molecule has 2 aromatic heterocycles. The second kappa shape index (κ2) is 9.40. The lowest BCUT2D eigenvalue weighted by Crippen LogP contribution is -2.25. The molecule has 1 spiro atoms. The zero-order chi connectivity index (χ0) is 31.4. The lowest BCUT2D eigenvalue weighted by atomic mass is 9.73. The molecule has 0 fully saturated rings. The van der Waals surface area contributed by atoms with Crippen LogP contribution in [0.1, 0.15) is 22.5 Å². The molecule has 0 saturated heterocycles. The Morgan fingerprint density at radius 3 is 1.92 bits per heavy atom. The Hall–Kier alpha value is -6.25. The molecule has 2 aliphatic carbocycles. The average molecular weight is 610 g/mol. The summed E-state index contributed by atoms with van der Waals surface area (Å²) < 4.78 is 6.94. The van der Waals surface area contributed by atoms with Crippen molar-refractivity contribution >= 4 is 32.6 Å². The van der Waals surface area contributed by atoms with E-state index in [4.69, 9.17) is 9.40 Å². The third kappa shape index (κ3) is 3.29. The van der Waals surface area contributed by atoms with Crippen LogP contribution in [0.3, 0.4) is 0 Å². The zero-order valence-corrected chi connectivity index (χ0v) is 25.9. The van der Waals surface area contributed by atoms with Gasteiger partial charge in [-0.25, -0.2) is 4.98 Å². The maximum atomic E-state index is 6.94. The summed E-state index contributed by atoms with van der Waals surface area (Å²) in [6, 6.07) is 59.2. The molecule has 0 unspecified atom stereocenters. The van der Waals surface area contributed by atoms with Crippen LogP contribution in [0.25, 0.3) is 77.3 Å². The molecule has 0 atom stereocenters. The molecule has 0 amide bonds. The summed E-state index contributed by atoms with van der Waals surface area (Å²) in [5, 5.41) is 4.77. The van der Waals surface area contributed by atoms with Crippen molar-refractivity contribution < 1.29 is 4.42 Å². The second-order valence-corrected chi connectivity index (χ2v) is 13.0.